The summed E-state index contributed by atoms with van der Waals surface area (Å²) in [5.41, 5.74) is -0.661. The van der Waals surface area contributed by atoms with Gasteiger partial charge in [0.25, 0.3) is 11.5 Å². The first-order chi connectivity index (χ1) is 10.3. The van der Waals surface area contributed by atoms with Crippen molar-refractivity contribution in [3.8, 4) is 0 Å². The number of hydrogen-bond donors (Lipinski definition) is 2. The Morgan fingerprint density at radius 3 is 2.73 bits per heavy atom. The molecule has 2 aromatic rings. The third-order valence-electron chi connectivity index (χ3n) is 3.08. The molecule has 1 atom stereocenters. The number of aliphatic carboxylic acids is 1. The lowest BCUT2D eigenvalue weighted by molar-refractivity contribution is -0.139. The number of nitrogens with zero attached hydrogens (tertiary/aromatic N) is 2. The Bertz CT molecular complexity index is 778. The molecule has 2 aromatic heterocycles. The van der Waals surface area contributed by atoms with Gasteiger partial charge in [0.05, 0.1) is 0 Å². The number of rotatable bonds is 5. The van der Waals surface area contributed by atoms with Gasteiger partial charge in [-0.25, -0.2) is 9.78 Å². The number of aromatic nitrogens is 2. The maximum atomic E-state index is 12.3. The van der Waals surface area contributed by atoms with Gasteiger partial charge in [0, 0.05) is 17.3 Å². The lowest BCUT2D eigenvalue weighted by Crippen LogP contribution is -2.43. The van der Waals surface area contributed by atoms with E-state index < -0.39 is 23.5 Å². The van der Waals surface area contributed by atoms with Gasteiger partial charge in [-0.1, -0.05) is 13.8 Å². The number of hydrogen-bond acceptors (Lipinski definition) is 5. The molecule has 0 aliphatic rings. The fraction of sp³-hybridized carbons (Fsp3) is 0.429. The maximum absolute atomic E-state index is 12.3. The Hall–Kier alpha value is -2.22. The second-order valence-corrected chi connectivity index (χ2v) is 6.68. The molecule has 0 bridgehead atoms. The summed E-state index contributed by atoms with van der Waals surface area (Å²) < 4.78 is 1.30. The molecule has 0 fully saturated rings. The van der Waals surface area contributed by atoms with Crippen LogP contribution >= 0.6 is 11.3 Å². The van der Waals surface area contributed by atoms with Gasteiger partial charge in [-0.15, -0.1) is 11.3 Å². The molecule has 0 aromatic carbocycles. The maximum Gasteiger partial charge on any atom is 0.326 e. The second kappa shape index (κ2) is 6.27. The van der Waals surface area contributed by atoms with Crippen LogP contribution in [0.1, 0.15) is 35.5 Å². The van der Waals surface area contributed by atoms with E-state index in [1.54, 1.807) is 6.20 Å². The lowest BCUT2D eigenvalue weighted by atomic mass is 10.0. The highest BCUT2D eigenvalue weighted by Crippen LogP contribution is 2.12. The lowest BCUT2D eigenvalue weighted by Gasteiger charge is -2.16. The number of carbonyl (C=O) groups is 2. The third kappa shape index (κ3) is 3.33. The third-order valence-corrected chi connectivity index (χ3v) is 3.99. The minimum Gasteiger partial charge on any atom is -0.480 e. The standard InChI is InChI=1S/C14H17N3O4S/c1-7(2)4-10(13(20)21)16-11(18)9-5-15-14-17(12(9)19)6-8(3)22-14/h5-7,10H,4H2,1-3H3,(H,16,18)(H,20,21)/t10-/m0/s1. The van der Waals surface area contributed by atoms with Gasteiger partial charge in [-0.2, -0.15) is 0 Å². The fourth-order valence-electron chi connectivity index (χ4n) is 2.08. The molecular formula is C14H17N3O4S. The van der Waals surface area contributed by atoms with Gasteiger partial charge in [0.1, 0.15) is 11.6 Å². The molecule has 2 N–H and O–H groups in total. The normalized spacial score (nSPS) is 12.5. The van der Waals surface area contributed by atoms with Crippen molar-refractivity contribution < 1.29 is 14.7 Å². The summed E-state index contributed by atoms with van der Waals surface area (Å²) in [5.74, 6) is -1.74. The van der Waals surface area contributed by atoms with Crippen LogP contribution in [0.4, 0.5) is 0 Å². The van der Waals surface area contributed by atoms with Gasteiger partial charge in [0.15, 0.2) is 4.96 Å². The Kier molecular flexibility index (Phi) is 4.60. The van der Waals surface area contributed by atoms with E-state index >= 15 is 0 Å². The van der Waals surface area contributed by atoms with Gasteiger partial charge >= 0.3 is 5.97 Å². The summed E-state index contributed by atoms with van der Waals surface area (Å²) in [6, 6.07) is -1.03. The molecular weight excluding hydrogens is 306 g/mol. The highest BCUT2D eigenvalue weighted by atomic mass is 32.1. The van der Waals surface area contributed by atoms with Crippen molar-refractivity contribution in [2.75, 3.05) is 0 Å². The van der Waals surface area contributed by atoms with Crippen LogP contribution in [-0.4, -0.2) is 32.4 Å². The number of carbonyl (C=O) groups excluding carboxylic acids is 1. The summed E-state index contributed by atoms with van der Waals surface area (Å²) in [5, 5.41) is 11.5. The van der Waals surface area contributed by atoms with Crippen molar-refractivity contribution in [3.05, 3.63) is 33.2 Å². The molecule has 2 heterocycles. The van der Waals surface area contributed by atoms with E-state index in [9.17, 15) is 14.4 Å². The van der Waals surface area contributed by atoms with E-state index in [0.717, 1.165) is 4.88 Å². The summed E-state index contributed by atoms with van der Waals surface area (Å²) in [6.45, 7) is 5.55. The number of carboxylic acids is 1. The Morgan fingerprint density at radius 1 is 1.45 bits per heavy atom. The second-order valence-electron chi connectivity index (χ2n) is 5.47. The smallest absolute Gasteiger partial charge is 0.326 e. The highest BCUT2D eigenvalue weighted by Gasteiger charge is 2.23. The molecule has 0 saturated heterocycles. The van der Waals surface area contributed by atoms with Crippen LogP contribution in [-0.2, 0) is 4.79 Å². The molecule has 0 unspecified atom stereocenters. The largest absolute Gasteiger partial charge is 0.480 e. The number of thiazole rings is 1. The Labute approximate surface area is 130 Å². The van der Waals surface area contributed by atoms with Crippen molar-refractivity contribution in [1.29, 1.82) is 0 Å². The number of carboxylic acid groups (broad SMARTS) is 1. The monoisotopic (exact) mass is 323 g/mol. The van der Waals surface area contributed by atoms with Crippen molar-refractivity contribution in [3.63, 3.8) is 0 Å². The van der Waals surface area contributed by atoms with Gasteiger partial charge in [-0.05, 0) is 19.3 Å². The first-order valence-electron chi connectivity index (χ1n) is 6.81. The minimum absolute atomic E-state index is 0.0997. The molecule has 0 radical (unpaired) electrons. The zero-order valence-electron chi connectivity index (χ0n) is 12.5. The van der Waals surface area contributed by atoms with Gasteiger partial charge in [-0.3, -0.25) is 14.0 Å². The van der Waals surface area contributed by atoms with Crippen LogP contribution in [0, 0.1) is 12.8 Å². The van der Waals surface area contributed by atoms with Crippen molar-refractivity contribution in [1.82, 2.24) is 14.7 Å². The molecule has 0 saturated carbocycles. The summed E-state index contributed by atoms with van der Waals surface area (Å²) >= 11 is 1.34. The molecule has 0 spiro atoms. The van der Waals surface area contributed by atoms with Crippen LogP contribution < -0.4 is 10.9 Å². The van der Waals surface area contributed by atoms with E-state index in [0.29, 0.717) is 4.96 Å². The summed E-state index contributed by atoms with van der Waals surface area (Å²) in [6.07, 6.45) is 3.09. The average molecular weight is 323 g/mol. The molecule has 0 aliphatic heterocycles. The molecule has 8 heteroatoms. The van der Waals surface area contributed by atoms with E-state index in [1.807, 2.05) is 20.8 Å². The summed E-state index contributed by atoms with van der Waals surface area (Å²) in [4.78, 5) is 41.1. The van der Waals surface area contributed by atoms with Crippen LogP contribution in [0.2, 0.25) is 0 Å². The molecule has 22 heavy (non-hydrogen) atoms. The molecule has 7 nitrogen and oxygen atoms in total. The SMILES string of the molecule is Cc1cn2c(=O)c(C(=O)N[C@@H](CC(C)C)C(=O)O)cnc2s1. The number of fused-ring (bicyclic) bond motifs is 1. The molecule has 2 rings (SSSR count). The highest BCUT2D eigenvalue weighted by molar-refractivity contribution is 7.16. The number of amides is 1. The average Bonchev–Trinajstić information content (AvgIpc) is 2.79. The van der Waals surface area contributed by atoms with Crippen molar-refractivity contribution >= 4 is 28.2 Å². The zero-order chi connectivity index (χ0) is 16.4. The van der Waals surface area contributed by atoms with E-state index in [4.69, 9.17) is 5.11 Å². The van der Waals surface area contributed by atoms with Crippen LogP contribution in [0.25, 0.3) is 4.96 Å². The predicted molar refractivity (Wildman–Crippen MR) is 82.4 cm³/mol. The zero-order valence-corrected chi connectivity index (χ0v) is 13.3. The Balaban J connectivity index is 2.31. The van der Waals surface area contributed by atoms with Crippen molar-refractivity contribution in [2.45, 2.75) is 33.2 Å². The van der Waals surface area contributed by atoms with E-state index in [2.05, 4.69) is 10.3 Å². The molecule has 118 valence electrons. The quantitative estimate of drug-likeness (QED) is 0.863. The minimum atomic E-state index is -1.12. The number of nitrogens with one attached hydrogen (secondary N) is 1. The number of aryl methyl sites for hydroxylation is 1. The van der Waals surface area contributed by atoms with E-state index in [-0.39, 0.29) is 17.9 Å². The topological polar surface area (TPSA) is 101 Å². The first-order valence-corrected chi connectivity index (χ1v) is 7.62. The fourth-order valence-corrected chi connectivity index (χ4v) is 2.87. The summed E-state index contributed by atoms with van der Waals surface area (Å²) in [7, 11) is 0. The molecule has 1 amide bonds. The predicted octanol–water partition coefficient (Wildman–Crippen LogP) is 1.29. The van der Waals surface area contributed by atoms with E-state index in [1.165, 1.54) is 21.9 Å². The first kappa shape index (κ1) is 16.2. The van der Waals surface area contributed by atoms with Gasteiger partial charge < -0.3 is 10.4 Å². The van der Waals surface area contributed by atoms with Gasteiger partial charge in [0.2, 0.25) is 0 Å². The van der Waals surface area contributed by atoms with Crippen LogP contribution in [0.5, 0.6) is 0 Å². The van der Waals surface area contributed by atoms with Crippen molar-refractivity contribution in [2.24, 2.45) is 5.92 Å². The van der Waals surface area contributed by atoms with Crippen LogP contribution in [0.15, 0.2) is 17.2 Å². The van der Waals surface area contributed by atoms with Crippen LogP contribution in [0.3, 0.4) is 0 Å². The Morgan fingerprint density at radius 2 is 2.14 bits per heavy atom. The molecule has 0 aliphatic carbocycles.